The molecule has 0 radical (unpaired) electrons. The smallest absolute Gasteiger partial charge is 0.313 e. The lowest BCUT2D eigenvalue weighted by molar-refractivity contribution is -0.136. The summed E-state index contributed by atoms with van der Waals surface area (Å²) in [5.74, 6) is -0.958. The minimum absolute atomic E-state index is 0.399. The van der Waals surface area contributed by atoms with E-state index in [4.69, 9.17) is 4.74 Å². The van der Waals surface area contributed by atoms with Gasteiger partial charge in [-0.1, -0.05) is 29.8 Å². The molecule has 23 heavy (non-hydrogen) atoms. The van der Waals surface area contributed by atoms with Crippen LogP contribution in [0.2, 0.25) is 0 Å². The van der Waals surface area contributed by atoms with E-state index in [1.807, 2.05) is 25.1 Å². The average molecular weight is 313 g/mol. The second-order valence-corrected chi connectivity index (χ2v) is 5.04. The van der Waals surface area contributed by atoms with Crippen molar-refractivity contribution in [1.29, 1.82) is 0 Å². The summed E-state index contributed by atoms with van der Waals surface area (Å²) in [6.07, 6.45) is 2.10. The van der Waals surface area contributed by atoms with Crippen molar-refractivity contribution in [3.05, 3.63) is 53.7 Å². The lowest BCUT2D eigenvalue weighted by Crippen LogP contribution is -2.36. The topological polar surface area (TPSA) is 80.3 Å². The molecule has 0 aliphatic rings. The number of methoxy groups -OCH3 is 1. The number of hydrogen-bond acceptors (Lipinski definition) is 4. The number of nitrogens with one attached hydrogen (secondary N) is 2. The Labute approximate surface area is 134 Å². The summed E-state index contributed by atoms with van der Waals surface area (Å²) >= 11 is 0. The van der Waals surface area contributed by atoms with Crippen LogP contribution in [0.3, 0.4) is 0 Å². The van der Waals surface area contributed by atoms with Gasteiger partial charge in [0, 0.05) is 12.6 Å². The molecule has 0 bridgehead atoms. The third-order valence-corrected chi connectivity index (χ3v) is 3.19. The van der Waals surface area contributed by atoms with Gasteiger partial charge in [-0.3, -0.25) is 9.59 Å². The summed E-state index contributed by atoms with van der Waals surface area (Å²) in [6.45, 7) is 2.41. The van der Waals surface area contributed by atoms with Crippen molar-refractivity contribution < 1.29 is 14.3 Å². The SMILES string of the molecule is COc1ccc(NC(=O)C(=O)NCCc2cccc(C)c2)cn1. The van der Waals surface area contributed by atoms with Crippen molar-refractivity contribution in [3.8, 4) is 5.88 Å². The molecule has 0 aliphatic carbocycles. The number of amides is 2. The Morgan fingerprint density at radius 2 is 2.00 bits per heavy atom. The molecule has 0 saturated carbocycles. The number of hydrogen-bond donors (Lipinski definition) is 2. The van der Waals surface area contributed by atoms with Crippen LogP contribution in [0.1, 0.15) is 11.1 Å². The Hall–Kier alpha value is -2.89. The minimum Gasteiger partial charge on any atom is -0.481 e. The first-order chi connectivity index (χ1) is 11.1. The number of benzene rings is 1. The molecule has 2 N–H and O–H groups in total. The molecule has 120 valence electrons. The zero-order valence-corrected chi connectivity index (χ0v) is 13.1. The molecule has 0 atom stereocenters. The van der Waals surface area contributed by atoms with E-state index < -0.39 is 11.8 Å². The highest BCUT2D eigenvalue weighted by Gasteiger charge is 2.13. The maximum Gasteiger partial charge on any atom is 0.313 e. The van der Waals surface area contributed by atoms with E-state index in [9.17, 15) is 9.59 Å². The van der Waals surface area contributed by atoms with E-state index in [0.717, 1.165) is 5.56 Å². The van der Waals surface area contributed by atoms with Gasteiger partial charge in [-0.2, -0.15) is 0 Å². The van der Waals surface area contributed by atoms with Gasteiger partial charge in [0.05, 0.1) is 19.0 Å². The van der Waals surface area contributed by atoms with Crippen molar-refractivity contribution in [3.63, 3.8) is 0 Å². The van der Waals surface area contributed by atoms with Gasteiger partial charge in [-0.15, -0.1) is 0 Å². The van der Waals surface area contributed by atoms with Crippen molar-refractivity contribution in [2.24, 2.45) is 0 Å². The molecule has 2 aromatic rings. The third kappa shape index (κ3) is 5.10. The monoisotopic (exact) mass is 313 g/mol. The van der Waals surface area contributed by atoms with E-state index in [-0.39, 0.29) is 0 Å². The molecule has 0 spiro atoms. The van der Waals surface area contributed by atoms with E-state index in [1.165, 1.54) is 18.9 Å². The molecule has 0 aliphatic heterocycles. The Morgan fingerprint density at radius 1 is 1.17 bits per heavy atom. The lowest BCUT2D eigenvalue weighted by Gasteiger charge is -2.07. The molecular formula is C17H19N3O3. The number of pyridine rings is 1. The van der Waals surface area contributed by atoms with Crippen molar-refractivity contribution in [1.82, 2.24) is 10.3 Å². The number of carbonyl (C=O) groups is 2. The summed E-state index contributed by atoms with van der Waals surface area (Å²) in [4.78, 5) is 27.5. The average Bonchev–Trinajstić information content (AvgIpc) is 2.55. The molecule has 2 amide bonds. The van der Waals surface area contributed by atoms with Crippen LogP contribution in [0.4, 0.5) is 5.69 Å². The van der Waals surface area contributed by atoms with Crippen LogP contribution in [0, 0.1) is 6.92 Å². The van der Waals surface area contributed by atoms with E-state index in [1.54, 1.807) is 12.1 Å². The second-order valence-electron chi connectivity index (χ2n) is 5.04. The summed E-state index contributed by atoms with van der Waals surface area (Å²) in [6, 6.07) is 11.2. The zero-order valence-electron chi connectivity index (χ0n) is 13.1. The van der Waals surface area contributed by atoms with Gasteiger partial charge in [0.25, 0.3) is 0 Å². The Morgan fingerprint density at radius 3 is 2.65 bits per heavy atom. The number of carbonyl (C=O) groups excluding carboxylic acids is 2. The fourth-order valence-electron chi connectivity index (χ4n) is 2.03. The van der Waals surface area contributed by atoms with Gasteiger partial charge in [0.1, 0.15) is 0 Å². The Balaban J connectivity index is 1.79. The van der Waals surface area contributed by atoms with Gasteiger partial charge >= 0.3 is 11.8 Å². The fourth-order valence-corrected chi connectivity index (χ4v) is 2.03. The first-order valence-corrected chi connectivity index (χ1v) is 7.23. The largest absolute Gasteiger partial charge is 0.481 e. The van der Waals surface area contributed by atoms with Gasteiger partial charge in [0.2, 0.25) is 5.88 Å². The first-order valence-electron chi connectivity index (χ1n) is 7.23. The van der Waals surface area contributed by atoms with Gasteiger partial charge in [-0.25, -0.2) is 4.98 Å². The molecule has 0 unspecified atom stereocenters. The normalized spacial score (nSPS) is 10.0. The molecule has 2 rings (SSSR count). The quantitative estimate of drug-likeness (QED) is 0.823. The Bertz CT molecular complexity index is 684. The fraction of sp³-hybridized carbons (Fsp3) is 0.235. The van der Waals surface area contributed by atoms with Crippen LogP contribution in [-0.4, -0.2) is 30.5 Å². The van der Waals surface area contributed by atoms with Gasteiger partial charge < -0.3 is 15.4 Å². The molecule has 1 aromatic heterocycles. The highest BCUT2D eigenvalue weighted by Crippen LogP contribution is 2.10. The number of ether oxygens (including phenoxy) is 1. The number of anilines is 1. The summed E-state index contributed by atoms with van der Waals surface area (Å²) in [7, 11) is 1.50. The zero-order chi connectivity index (χ0) is 16.7. The molecular weight excluding hydrogens is 294 g/mol. The van der Waals surface area contributed by atoms with Crippen LogP contribution in [0.25, 0.3) is 0 Å². The molecule has 0 saturated heterocycles. The predicted molar refractivity (Wildman–Crippen MR) is 87.3 cm³/mol. The van der Waals surface area contributed by atoms with Crippen molar-refractivity contribution >= 4 is 17.5 Å². The van der Waals surface area contributed by atoms with E-state index in [0.29, 0.717) is 24.5 Å². The van der Waals surface area contributed by atoms with Crippen LogP contribution in [0.15, 0.2) is 42.6 Å². The lowest BCUT2D eigenvalue weighted by atomic mass is 10.1. The predicted octanol–water partition coefficient (Wildman–Crippen LogP) is 1.70. The molecule has 6 heteroatoms. The van der Waals surface area contributed by atoms with E-state index in [2.05, 4.69) is 21.7 Å². The number of nitrogens with zero attached hydrogens (tertiary/aromatic N) is 1. The van der Waals surface area contributed by atoms with Crippen LogP contribution < -0.4 is 15.4 Å². The molecule has 1 heterocycles. The first kappa shape index (κ1) is 16.5. The van der Waals surface area contributed by atoms with Gasteiger partial charge in [0.15, 0.2) is 0 Å². The van der Waals surface area contributed by atoms with E-state index >= 15 is 0 Å². The van der Waals surface area contributed by atoms with Gasteiger partial charge in [-0.05, 0) is 25.0 Å². The molecule has 0 fully saturated rings. The maximum atomic E-state index is 11.8. The molecule has 1 aromatic carbocycles. The maximum absolute atomic E-state index is 11.8. The highest BCUT2D eigenvalue weighted by molar-refractivity contribution is 6.39. The number of rotatable bonds is 5. The summed E-state index contributed by atoms with van der Waals surface area (Å²) < 4.78 is 4.92. The highest BCUT2D eigenvalue weighted by atomic mass is 16.5. The minimum atomic E-state index is -0.721. The second kappa shape index (κ2) is 7.93. The number of aromatic nitrogens is 1. The van der Waals surface area contributed by atoms with Crippen LogP contribution >= 0.6 is 0 Å². The summed E-state index contributed by atoms with van der Waals surface area (Å²) in [5.41, 5.74) is 2.72. The van der Waals surface area contributed by atoms with Crippen LogP contribution in [0.5, 0.6) is 5.88 Å². The summed E-state index contributed by atoms with van der Waals surface area (Å²) in [5, 5.41) is 5.08. The standard InChI is InChI=1S/C17H19N3O3/c1-12-4-3-5-13(10-12)8-9-18-16(21)17(22)20-14-6-7-15(23-2)19-11-14/h3-7,10-11H,8-9H2,1-2H3,(H,18,21)(H,20,22). The van der Waals surface area contributed by atoms with Crippen LogP contribution in [-0.2, 0) is 16.0 Å². The molecule has 6 nitrogen and oxygen atoms in total. The van der Waals surface area contributed by atoms with Crippen molar-refractivity contribution in [2.75, 3.05) is 19.0 Å². The van der Waals surface area contributed by atoms with Crippen molar-refractivity contribution in [2.45, 2.75) is 13.3 Å². The Kier molecular flexibility index (Phi) is 5.68. The number of aryl methyl sites for hydroxylation is 1. The third-order valence-electron chi connectivity index (χ3n) is 3.19.